The summed E-state index contributed by atoms with van der Waals surface area (Å²) in [6.45, 7) is 0. The van der Waals surface area contributed by atoms with E-state index < -0.39 is 11.8 Å². The first-order valence-corrected chi connectivity index (χ1v) is 7.56. The van der Waals surface area contributed by atoms with Crippen LogP contribution in [0, 0.1) is 5.82 Å². The van der Waals surface area contributed by atoms with E-state index in [1.165, 1.54) is 12.1 Å². The Kier molecular flexibility index (Phi) is 4.57. The smallest absolute Gasteiger partial charge is 0.337 e. The van der Waals surface area contributed by atoms with Gasteiger partial charge in [0.1, 0.15) is 5.82 Å². The van der Waals surface area contributed by atoms with E-state index in [0.717, 1.165) is 11.1 Å². The molecule has 0 aliphatic heterocycles. The number of carbonyl (C=O) groups is 1. The van der Waals surface area contributed by atoms with Crippen molar-refractivity contribution in [1.82, 2.24) is 0 Å². The summed E-state index contributed by atoms with van der Waals surface area (Å²) < 4.78 is 14.0. The molecule has 3 rings (SSSR count). The molecule has 3 aromatic carbocycles. The normalized spacial score (nSPS) is 10.4. The Labute approximate surface area is 139 Å². The van der Waals surface area contributed by atoms with Crippen molar-refractivity contribution in [3.05, 3.63) is 95.3 Å². The van der Waals surface area contributed by atoms with Gasteiger partial charge in [-0.1, -0.05) is 54.6 Å². The fraction of sp³-hybridized carbons (Fsp3) is 0.0500. The van der Waals surface area contributed by atoms with Crippen LogP contribution in [-0.4, -0.2) is 11.1 Å². The van der Waals surface area contributed by atoms with Crippen molar-refractivity contribution in [2.75, 3.05) is 5.32 Å². The molecular formula is C20H16FNO2. The van der Waals surface area contributed by atoms with Gasteiger partial charge in [0.05, 0.1) is 16.9 Å². The molecule has 0 radical (unpaired) electrons. The van der Waals surface area contributed by atoms with E-state index in [0.29, 0.717) is 12.1 Å². The lowest BCUT2D eigenvalue weighted by Gasteiger charge is -2.15. The Morgan fingerprint density at radius 2 is 1.62 bits per heavy atom. The van der Waals surface area contributed by atoms with Gasteiger partial charge in [0.15, 0.2) is 0 Å². The summed E-state index contributed by atoms with van der Waals surface area (Å²) in [7, 11) is 0. The molecular weight excluding hydrogens is 305 g/mol. The van der Waals surface area contributed by atoms with Crippen LogP contribution >= 0.6 is 0 Å². The number of para-hydroxylation sites is 2. The zero-order chi connectivity index (χ0) is 16.9. The standard InChI is InChI=1S/C20H16FNO2/c21-17-11-4-5-12-18(17)22-19-15(9-6-10-16(19)20(23)24)13-14-7-2-1-3-8-14/h1-12,22H,13H2,(H,23,24). The van der Waals surface area contributed by atoms with E-state index in [4.69, 9.17) is 0 Å². The number of aromatic carboxylic acids is 1. The molecule has 0 saturated heterocycles. The van der Waals surface area contributed by atoms with E-state index in [1.807, 2.05) is 36.4 Å². The number of hydrogen-bond donors (Lipinski definition) is 2. The highest BCUT2D eigenvalue weighted by Gasteiger charge is 2.15. The van der Waals surface area contributed by atoms with Crippen molar-refractivity contribution >= 4 is 17.3 Å². The van der Waals surface area contributed by atoms with Gasteiger partial charge >= 0.3 is 5.97 Å². The number of benzene rings is 3. The highest BCUT2D eigenvalue weighted by molar-refractivity contribution is 5.96. The molecule has 3 nitrogen and oxygen atoms in total. The minimum Gasteiger partial charge on any atom is -0.478 e. The van der Waals surface area contributed by atoms with Crippen LogP contribution in [0.3, 0.4) is 0 Å². The number of carboxylic acids is 1. The Morgan fingerprint density at radius 3 is 2.33 bits per heavy atom. The number of carboxylic acid groups (broad SMARTS) is 1. The summed E-state index contributed by atoms with van der Waals surface area (Å²) in [6.07, 6.45) is 0.554. The van der Waals surface area contributed by atoms with E-state index in [9.17, 15) is 14.3 Å². The minimum absolute atomic E-state index is 0.117. The highest BCUT2D eigenvalue weighted by atomic mass is 19.1. The summed E-state index contributed by atoms with van der Waals surface area (Å²) in [5, 5.41) is 12.4. The summed E-state index contributed by atoms with van der Waals surface area (Å²) >= 11 is 0. The van der Waals surface area contributed by atoms with Crippen LogP contribution in [0.25, 0.3) is 0 Å². The molecule has 3 aromatic rings. The summed E-state index contributed by atoms with van der Waals surface area (Å²) in [5.41, 5.74) is 2.63. The Hall–Kier alpha value is -3.14. The molecule has 0 heterocycles. The zero-order valence-corrected chi connectivity index (χ0v) is 12.9. The molecule has 0 amide bonds. The van der Waals surface area contributed by atoms with Crippen LogP contribution in [-0.2, 0) is 6.42 Å². The van der Waals surface area contributed by atoms with Crippen molar-refractivity contribution in [3.8, 4) is 0 Å². The first-order valence-electron chi connectivity index (χ1n) is 7.56. The average Bonchev–Trinajstić information content (AvgIpc) is 2.59. The molecule has 0 bridgehead atoms. The molecule has 2 N–H and O–H groups in total. The van der Waals surface area contributed by atoms with Crippen LogP contribution < -0.4 is 5.32 Å². The molecule has 0 aliphatic rings. The van der Waals surface area contributed by atoms with E-state index in [-0.39, 0.29) is 11.3 Å². The van der Waals surface area contributed by atoms with Gasteiger partial charge in [-0.3, -0.25) is 0 Å². The second-order valence-corrected chi connectivity index (χ2v) is 5.41. The molecule has 24 heavy (non-hydrogen) atoms. The lowest BCUT2D eigenvalue weighted by atomic mass is 9.99. The van der Waals surface area contributed by atoms with Gasteiger partial charge in [-0.25, -0.2) is 9.18 Å². The molecule has 0 aliphatic carbocycles. The number of rotatable bonds is 5. The molecule has 0 spiro atoms. The fourth-order valence-electron chi connectivity index (χ4n) is 2.59. The maximum absolute atomic E-state index is 14.0. The maximum atomic E-state index is 14.0. The molecule has 0 saturated carbocycles. The van der Waals surface area contributed by atoms with Gasteiger partial charge in [0, 0.05) is 0 Å². The van der Waals surface area contributed by atoms with Crippen LogP contribution in [0.5, 0.6) is 0 Å². The topological polar surface area (TPSA) is 49.3 Å². The van der Waals surface area contributed by atoms with Crippen LogP contribution in [0.2, 0.25) is 0 Å². The Morgan fingerprint density at radius 1 is 0.917 bits per heavy atom. The van der Waals surface area contributed by atoms with Crippen molar-refractivity contribution in [3.63, 3.8) is 0 Å². The SMILES string of the molecule is O=C(O)c1cccc(Cc2ccccc2)c1Nc1ccccc1F. The number of halogens is 1. The number of hydrogen-bond acceptors (Lipinski definition) is 2. The second kappa shape index (κ2) is 6.96. The lowest BCUT2D eigenvalue weighted by Crippen LogP contribution is -2.07. The van der Waals surface area contributed by atoms with Gasteiger partial charge in [0.2, 0.25) is 0 Å². The molecule has 120 valence electrons. The molecule has 0 atom stereocenters. The van der Waals surface area contributed by atoms with Gasteiger partial charge in [-0.05, 0) is 35.7 Å². The van der Waals surface area contributed by atoms with Crippen molar-refractivity contribution in [2.24, 2.45) is 0 Å². The largest absolute Gasteiger partial charge is 0.478 e. The van der Waals surface area contributed by atoms with E-state index in [1.54, 1.807) is 24.3 Å². The van der Waals surface area contributed by atoms with Crippen LogP contribution in [0.1, 0.15) is 21.5 Å². The predicted molar refractivity (Wildman–Crippen MR) is 92.3 cm³/mol. The van der Waals surface area contributed by atoms with Gasteiger partial charge in [0.25, 0.3) is 0 Å². The van der Waals surface area contributed by atoms with Crippen LogP contribution in [0.4, 0.5) is 15.8 Å². The van der Waals surface area contributed by atoms with Crippen molar-refractivity contribution in [2.45, 2.75) is 6.42 Å². The number of anilines is 2. The molecule has 0 aromatic heterocycles. The third-order valence-corrected chi connectivity index (χ3v) is 3.75. The van der Waals surface area contributed by atoms with Gasteiger partial charge in [-0.2, -0.15) is 0 Å². The second-order valence-electron chi connectivity index (χ2n) is 5.41. The third kappa shape index (κ3) is 3.43. The summed E-state index contributed by atoms with van der Waals surface area (Å²) in [5.74, 6) is -1.48. The lowest BCUT2D eigenvalue weighted by molar-refractivity contribution is 0.0698. The quantitative estimate of drug-likeness (QED) is 0.705. The third-order valence-electron chi connectivity index (χ3n) is 3.75. The van der Waals surface area contributed by atoms with E-state index in [2.05, 4.69) is 5.32 Å². The molecule has 0 unspecified atom stereocenters. The van der Waals surface area contributed by atoms with Crippen molar-refractivity contribution in [1.29, 1.82) is 0 Å². The predicted octanol–water partition coefficient (Wildman–Crippen LogP) is 4.86. The Balaban J connectivity index is 2.04. The van der Waals surface area contributed by atoms with Crippen molar-refractivity contribution < 1.29 is 14.3 Å². The molecule has 4 heteroatoms. The number of nitrogens with one attached hydrogen (secondary N) is 1. The molecule has 0 fully saturated rings. The Bertz CT molecular complexity index is 863. The van der Waals surface area contributed by atoms with Gasteiger partial charge in [-0.15, -0.1) is 0 Å². The minimum atomic E-state index is -1.05. The summed E-state index contributed by atoms with van der Waals surface area (Å²) in [6, 6.07) is 21.0. The fourth-order valence-corrected chi connectivity index (χ4v) is 2.59. The van der Waals surface area contributed by atoms with E-state index >= 15 is 0 Å². The monoisotopic (exact) mass is 321 g/mol. The highest BCUT2D eigenvalue weighted by Crippen LogP contribution is 2.28. The first-order chi connectivity index (χ1) is 11.6. The van der Waals surface area contributed by atoms with Crippen LogP contribution in [0.15, 0.2) is 72.8 Å². The average molecular weight is 321 g/mol. The first kappa shape index (κ1) is 15.7. The summed E-state index contributed by atoms with van der Waals surface area (Å²) in [4.78, 5) is 11.6. The van der Waals surface area contributed by atoms with Gasteiger partial charge < -0.3 is 10.4 Å². The maximum Gasteiger partial charge on any atom is 0.337 e. The zero-order valence-electron chi connectivity index (χ0n) is 12.9.